The molecule has 1 heterocycles. The molecule has 0 unspecified atom stereocenters. The van der Waals surface area contributed by atoms with Crippen LogP contribution in [0.4, 0.5) is 14.5 Å². The lowest BCUT2D eigenvalue weighted by Gasteiger charge is -2.06. The Morgan fingerprint density at radius 3 is 2.39 bits per heavy atom. The van der Waals surface area contributed by atoms with E-state index in [4.69, 9.17) is 5.73 Å². The molecule has 0 radical (unpaired) electrons. The third-order valence-corrected chi connectivity index (χ3v) is 4.81. The Labute approximate surface area is 106 Å². The molecule has 0 amide bonds. The predicted molar refractivity (Wildman–Crippen MR) is 63.8 cm³/mol. The fourth-order valence-electron chi connectivity index (χ4n) is 1.45. The molecule has 8 heteroatoms. The monoisotopic (exact) mass is 290 g/mol. The number of benzene rings is 1. The highest BCUT2D eigenvalue weighted by atomic mass is 32.2. The number of rotatable bonds is 3. The summed E-state index contributed by atoms with van der Waals surface area (Å²) >= 11 is 1.10. The molecule has 1 aromatic carbocycles. The lowest BCUT2D eigenvalue weighted by atomic mass is 10.3. The summed E-state index contributed by atoms with van der Waals surface area (Å²) < 4.78 is 50.9. The first-order valence-electron chi connectivity index (χ1n) is 4.75. The summed E-state index contributed by atoms with van der Waals surface area (Å²) in [6, 6.07) is 1.56. The van der Waals surface area contributed by atoms with Gasteiger partial charge in [0.15, 0.2) is 9.84 Å². The molecule has 2 aromatic rings. The van der Waals surface area contributed by atoms with Gasteiger partial charge in [0, 0.05) is 16.8 Å². The molecule has 2 N–H and O–H groups in total. The zero-order valence-corrected chi connectivity index (χ0v) is 10.6. The number of nitrogen functional groups attached to an aromatic ring is 1. The second-order valence-electron chi connectivity index (χ2n) is 3.54. The molecular formula is C10H8F2N2O2S2. The lowest BCUT2D eigenvalue weighted by Crippen LogP contribution is -2.10. The van der Waals surface area contributed by atoms with E-state index in [-0.39, 0.29) is 5.69 Å². The molecule has 1 aromatic heterocycles. The van der Waals surface area contributed by atoms with Crippen LogP contribution in [0, 0.1) is 11.6 Å². The summed E-state index contributed by atoms with van der Waals surface area (Å²) in [4.78, 5) is 3.16. The molecule has 0 spiro atoms. The van der Waals surface area contributed by atoms with Gasteiger partial charge in [0.2, 0.25) is 0 Å². The highest BCUT2D eigenvalue weighted by molar-refractivity contribution is 7.90. The molecule has 96 valence electrons. The van der Waals surface area contributed by atoms with Gasteiger partial charge in [-0.3, -0.25) is 4.98 Å². The van der Waals surface area contributed by atoms with Crippen molar-refractivity contribution in [2.75, 3.05) is 5.73 Å². The molecule has 0 saturated carbocycles. The van der Waals surface area contributed by atoms with Gasteiger partial charge in [-0.2, -0.15) is 0 Å². The average molecular weight is 290 g/mol. The Hall–Kier alpha value is -1.54. The maximum atomic E-state index is 13.5. The molecule has 0 saturated heterocycles. The van der Waals surface area contributed by atoms with Crippen molar-refractivity contribution in [3.05, 3.63) is 40.4 Å². The van der Waals surface area contributed by atoms with Crippen LogP contribution >= 0.6 is 11.3 Å². The molecule has 0 aliphatic carbocycles. The van der Waals surface area contributed by atoms with Gasteiger partial charge in [-0.05, 0) is 12.1 Å². The van der Waals surface area contributed by atoms with Gasteiger partial charge < -0.3 is 5.73 Å². The standard InChI is InChI=1S/C10H8F2N2O2S2/c11-8-1-6(13)2-9(12)10(8)18(15,16)4-7-3-14-5-17-7/h1-3,5H,4,13H2. The van der Waals surface area contributed by atoms with Gasteiger partial charge in [0.05, 0.1) is 11.3 Å². The first-order valence-corrected chi connectivity index (χ1v) is 7.28. The van der Waals surface area contributed by atoms with E-state index >= 15 is 0 Å². The van der Waals surface area contributed by atoms with E-state index < -0.39 is 32.1 Å². The lowest BCUT2D eigenvalue weighted by molar-refractivity contribution is 0.520. The summed E-state index contributed by atoms with van der Waals surface area (Å²) in [6.45, 7) is 0. The third kappa shape index (κ3) is 2.49. The summed E-state index contributed by atoms with van der Waals surface area (Å²) in [6.07, 6.45) is 1.34. The fourth-order valence-corrected chi connectivity index (χ4v) is 3.87. The summed E-state index contributed by atoms with van der Waals surface area (Å²) in [5.74, 6) is -2.86. The molecule has 4 nitrogen and oxygen atoms in total. The number of thiazole rings is 1. The molecule has 18 heavy (non-hydrogen) atoms. The van der Waals surface area contributed by atoms with Crippen LogP contribution in [-0.2, 0) is 15.6 Å². The maximum Gasteiger partial charge on any atom is 0.189 e. The summed E-state index contributed by atoms with van der Waals surface area (Å²) in [5, 5.41) is 0. The van der Waals surface area contributed by atoms with Crippen molar-refractivity contribution < 1.29 is 17.2 Å². The zero-order chi connectivity index (χ0) is 13.3. The molecule has 0 aliphatic heterocycles. The van der Waals surface area contributed by atoms with Gasteiger partial charge in [0.25, 0.3) is 0 Å². The van der Waals surface area contributed by atoms with Gasteiger partial charge in [-0.15, -0.1) is 11.3 Å². The average Bonchev–Trinajstić information content (AvgIpc) is 2.66. The van der Waals surface area contributed by atoms with Crippen molar-refractivity contribution in [2.45, 2.75) is 10.6 Å². The SMILES string of the molecule is Nc1cc(F)c(S(=O)(=O)Cc2cncs2)c(F)c1. The Balaban J connectivity index is 2.48. The van der Waals surface area contributed by atoms with Crippen molar-refractivity contribution in [1.29, 1.82) is 0 Å². The smallest absolute Gasteiger partial charge is 0.189 e. The minimum atomic E-state index is -4.10. The van der Waals surface area contributed by atoms with Crippen LogP contribution in [-0.4, -0.2) is 13.4 Å². The second kappa shape index (κ2) is 4.62. The van der Waals surface area contributed by atoms with Gasteiger partial charge in [-0.25, -0.2) is 17.2 Å². The molecule has 0 atom stereocenters. The number of hydrogen-bond acceptors (Lipinski definition) is 5. The van der Waals surface area contributed by atoms with E-state index in [0.29, 0.717) is 4.88 Å². The minimum absolute atomic E-state index is 0.165. The number of hydrogen-bond donors (Lipinski definition) is 1. The normalized spacial score (nSPS) is 11.7. The van der Waals surface area contributed by atoms with E-state index in [0.717, 1.165) is 23.5 Å². The van der Waals surface area contributed by atoms with Crippen molar-refractivity contribution in [1.82, 2.24) is 4.98 Å². The zero-order valence-electron chi connectivity index (χ0n) is 8.93. The first kappa shape index (κ1) is 12.9. The molecular weight excluding hydrogens is 282 g/mol. The summed E-state index contributed by atoms with van der Waals surface area (Å²) in [5.41, 5.74) is 6.50. The summed E-state index contributed by atoms with van der Waals surface area (Å²) in [7, 11) is -4.10. The van der Waals surface area contributed by atoms with E-state index in [1.165, 1.54) is 11.7 Å². The second-order valence-corrected chi connectivity index (χ2v) is 6.44. The quantitative estimate of drug-likeness (QED) is 0.877. The Kier molecular flexibility index (Phi) is 3.31. The first-order chi connectivity index (χ1) is 8.40. The number of nitrogens with two attached hydrogens (primary N) is 1. The van der Waals surface area contributed by atoms with Crippen LogP contribution in [0.25, 0.3) is 0 Å². The van der Waals surface area contributed by atoms with Crippen molar-refractivity contribution >= 4 is 26.9 Å². The topological polar surface area (TPSA) is 73.1 Å². The molecule has 0 fully saturated rings. The van der Waals surface area contributed by atoms with Crippen LogP contribution in [0.2, 0.25) is 0 Å². The highest BCUT2D eigenvalue weighted by Gasteiger charge is 2.25. The largest absolute Gasteiger partial charge is 0.399 e. The number of anilines is 1. The van der Waals surface area contributed by atoms with Crippen molar-refractivity contribution in [2.24, 2.45) is 0 Å². The predicted octanol–water partition coefficient (Wildman–Crippen LogP) is 1.98. The van der Waals surface area contributed by atoms with Gasteiger partial charge in [0.1, 0.15) is 16.5 Å². The van der Waals surface area contributed by atoms with Crippen molar-refractivity contribution in [3.63, 3.8) is 0 Å². The van der Waals surface area contributed by atoms with E-state index in [2.05, 4.69) is 4.98 Å². The van der Waals surface area contributed by atoms with E-state index in [1.54, 1.807) is 0 Å². The van der Waals surface area contributed by atoms with E-state index in [1.807, 2.05) is 0 Å². The van der Waals surface area contributed by atoms with Gasteiger partial charge in [-0.1, -0.05) is 0 Å². The van der Waals surface area contributed by atoms with Crippen LogP contribution in [0.3, 0.4) is 0 Å². The molecule has 0 aliphatic rings. The van der Waals surface area contributed by atoms with Crippen LogP contribution in [0.5, 0.6) is 0 Å². The van der Waals surface area contributed by atoms with Crippen LogP contribution in [0.15, 0.2) is 28.7 Å². The van der Waals surface area contributed by atoms with Crippen molar-refractivity contribution in [3.8, 4) is 0 Å². The van der Waals surface area contributed by atoms with E-state index in [9.17, 15) is 17.2 Å². The Morgan fingerprint density at radius 1 is 1.28 bits per heavy atom. The van der Waals surface area contributed by atoms with Crippen LogP contribution in [0.1, 0.15) is 4.88 Å². The number of nitrogens with zero attached hydrogens (tertiary/aromatic N) is 1. The molecule has 2 rings (SSSR count). The van der Waals surface area contributed by atoms with Gasteiger partial charge >= 0.3 is 0 Å². The van der Waals surface area contributed by atoms with Crippen LogP contribution < -0.4 is 5.73 Å². The Morgan fingerprint density at radius 2 is 1.89 bits per heavy atom. The number of sulfone groups is 1. The number of halogens is 2. The minimum Gasteiger partial charge on any atom is -0.399 e. The Bertz CT molecular complexity index is 646. The molecule has 0 bridgehead atoms. The number of aromatic nitrogens is 1. The third-order valence-electron chi connectivity index (χ3n) is 2.15. The maximum absolute atomic E-state index is 13.5. The fraction of sp³-hybridized carbons (Fsp3) is 0.100. The highest BCUT2D eigenvalue weighted by Crippen LogP contribution is 2.25.